The van der Waals surface area contributed by atoms with Crippen LogP contribution in [0.15, 0.2) is 18.2 Å². The number of nitrogens with one attached hydrogen (secondary N) is 1. The number of nitriles is 1. The van der Waals surface area contributed by atoms with E-state index in [2.05, 4.69) is 11.4 Å². The van der Waals surface area contributed by atoms with Crippen LogP contribution in [-0.4, -0.2) is 24.2 Å². The molecule has 1 aromatic rings. The predicted octanol–water partition coefficient (Wildman–Crippen LogP) is 3.88. The van der Waals surface area contributed by atoms with Gasteiger partial charge in [0.15, 0.2) is 0 Å². The van der Waals surface area contributed by atoms with Crippen molar-refractivity contribution in [1.29, 1.82) is 5.26 Å². The molecule has 1 rings (SSSR count). The summed E-state index contributed by atoms with van der Waals surface area (Å²) < 4.78 is 11.3. The largest absolute Gasteiger partial charge is 0.491 e. The molecule has 0 heterocycles. The third kappa shape index (κ3) is 5.57. The standard InChI is InChI=1S/C18H26N2O3/c1-6-10-22-18(4,5)17(21)20-16-9-8-15(11-14(16)12-19)23-13(3)7-2/h8-9,11,13H,6-7,10H2,1-5H3,(H,20,21)/t13-/m1/s1. The Kier molecular flexibility index (Phi) is 7.05. The number of hydrogen-bond donors (Lipinski definition) is 1. The van der Waals surface area contributed by atoms with E-state index in [0.29, 0.717) is 23.6 Å². The van der Waals surface area contributed by atoms with Crippen LogP contribution in [0, 0.1) is 11.3 Å². The Labute approximate surface area is 138 Å². The summed E-state index contributed by atoms with van der Waals surface area (Å²) in [5.41, 5.74) is -0.123. The number of hydrogen-bond acceptors (Lipinski definition) is 4. The third-order valence-corrected chi connectivity index (χ3v) is 3.49. The zero-order valence-electron chi connectivity index (χ0n) is 14.6. The minimum absolute atomic E-state index is 0.0726. The van der Waals surface area contributed by atoms with E-state index in [1.807, 2.05) is 20.8 Å². The first-order valence-electron chi connectivity index (χ1n) is 8.00. The third-order valence-electron chi connectivity index (χ3n) is 3.49. The van der Waals surface area contributed by atoms with Crippen molar-refractivity contribution in [1.82, 2.24) is 0 Å². The van der Waals surface area contributed by atoms with E-state index in [1.165, 1.54) is 0 Å². The molecule has 0 aliphatic carbocycles. The van der Waals surface area contributed by atoms with Crippen molar-refractivity contribution in [3.8, 4) is 11.8 Å². The molecule has 1 atom stereocenters. The molecule has 5 heteroatoms. The number of anilines is 1. The van der Waals surface area contributed by atoms with E-state index in [0.717, 1.165) is 12.8 Å². The number of nitrogens with zero attached hydrogens (tertiary/aromatic N) is 1. The molecule has 0 aliphatic heterocycles. The highest BCUT2D eigenvalue weighted by Gasteiger charge is 2.28. The van der Waals surface area contributed by atoms with Gasteiger partial charge in [-0.2, -0.15) is 5.26 Å². The molecule has 1 amide bonds. The van der Waals surface area contributed by atoms with Crippen LogP contribution < -0.4 is 10.1 Å². The average Bonchev–Trinajstić information content (AvgIpc) is 2.53. The van der Waals surface area contributed by atoms with Gasteiger partial charge in [0.05, 0.1) is 17.4 Å². The minimum atomic E-state index is -0.950. The summed E-state index contributed by atoms with van der Waals surface area (Å²) in [6.45, 7) is 9.91. The Bertz CT molecular complexity index is 576. The second-order valence-corrected chi connectivity index (χ2v) is 5.97. The Morgan fingerprint density at radius 1 is 1.39 bits per heavy atom. The lowest BCUT2D eigenvalue weighted by molar-refractivity contribution is -0.137. The highest BCUT2D eigenvalue weighted by atomic mass is 16.5. The first-order valence-corrected chi connectivity index (χ1v) is 8.00. The van der Waals surface area contributed by atoms with Gasteiger partial charge in [0.25, 0.3) is 5.91 Å². The van der Waals surface area contributed by atoms with Gasteiger partial charge in [-0.25, -0.2) is 0 Å². The summed E-state index contributed by atoms with van der Waals surface area (Å²) in [5.74, 6) is 0.341. The quantitative estimate of drug-likeness (QED) is 0.789. The Morgan fingerprint density at radius 2 is 2.09 bits per heavy atom. The molecule has 1 N–H and O–H groups in total. The topological polar surface area (TPSA) is 71.3 Å². The molecule has 0 saturated heterocycles. The summed E-state index contributed by atoms with van der Waals surface area (Å²) in [7, 11) is 0. The zero-order chi connectivity index (χ0) is 17.5. The maximum Gasteiger partial charge on any atom is 0.256 e. The molecule has 23 heavy (non-hydrogen) atoms. The lowest BCUT2D eigenvalue weighted by Gasteiger charge is -2.24. The van der Waals surface area contributed by atoms with E-state index in [-0.39, 0.29) is 12.0 Å². The van der Waals surface area contributed by atoms with Crippen molar-refractivity contribution >= 4 is 11.6 Å². The van der Waals surface area contributed by atoms with E-state index in [4.69, 9.17) is 9.47 Å². The van der Waals surface area contributed by atoms with Gasteiger partial charge < -0.3 is 14.8 Å². The number of carbonyl (C=O) groups excluding carboxylic acids is 1. The summed E-state index contributed by atoms with van der Waals surface area (Å²) in [5, 5.41) is 12.1. The highest BCUT2D eigenvalue weighted by Crippen LogP contribution is 2.24. The van der Waals surface area contributed by atoms with Crippen molar-refractivity contribution in [3.63, 3.8) is 0 Å². The monoisotopic (exact) mass is 318 g/mol. The van der Waals surface area contributed by atoms with Gasteiger partial charge >= 0.3 is 0 Å². The van der Waals surface area contributed by atoms with Crippen LogP contribution >= 0.6 is 0 Å². The van der Waals surface area contributed by atoms with Crippen LogP contribution in [0.1, 0.15) is 53.0 Å². The van der Waals surface area contributed by atoms with Crippen LogP contribution in [0.3, 0.4) is 0 Å². The first kappa shape index (κ1) is 19.0. The first-order chi connectivity index (χ1) is 10.8. The van der Waals surface area contributed by atoms with Gasteiger partial charge in [0, 0.05) is 12.7 Å². The van der Waals surface area contributed by atoms with Crippen LogP contribution in [0.2, 0.25) is 0 Å². The van der Waals surface area contributed by atoms with Crippen LogP contribution in [0.5, 0.6) is 5.75 Å². The molecule has 0 spiro atoms. The van der Waals surface area contributed by atoms with Crippen LogP contribution in [0.25, 0.3) is 0 Å². The fourth-order valence-corrected chi connectivity index (χ4v) is 1.81. The van der Waals surface area contributed by atoms with E-state index >= 15 is 0 Å². The zero-order valence-corrected chi connectivity index (χ0v) is 14.6. The number of carbonyl (C=O) groups is 1. The fraction of sp³-hybridized carbons (Fsp3) is 0.556. The molecule has 0 unspecified atom stereocenters. The minimum Gasteiger partial charge on any atom is -0.491 e. The Hall–Kier alpha value is -2.06. The number of rotatable bonds is 8. The van der Waals surface area contributed by atoms with Gasteiger partial charge in [-0.1, -0.05) is 13.8 Å². The van der Waals surface area contributed by atoms with Gasteiger partial charge in [-0.05, 0) is 45.7 Å². The van der Waals surface area contributed by atoms with Crippen molar-refractivity contribution in [2.45, 2.75) is 59.2 Å². The lowest BCUT2D eigenvalue weighted by atomic mass is 10.1. The fourth-order valence-electron chi connectivity index (χ4n) is 1.81. The van der Waals surface area contributed by atoms with Crippen molar-refractivity contribution in [2.24, 2.45) is 0 Å². The number of amides is 1. The molecule has 0 saturated carbocycles. The number of benzene rings is 1. The smallest absolute Gasteiger partial charge is 0.256 e. The predicted molar refractivity (Wildman–Crippen MR) is 90.5 cm³/mol. The summed E-state index contributed by atoms with van der Waals surface area (Å²) in [6, 6.07) is 7.17. The molecule has 0 radical (unpaired) electrons. The lowest BCUT2D eigenvalue weighted by Crippen LogP contribution is -2.40. The Balaban J connectivity index is 2.88. The van der Waals surface area contributed by atoms with Crippen LogP contribution in [0.4, 0.5) is 5.69 Å². The second-order valence-electron chi connectivity index (χ2n) is 5.97. The van der Waals surface area contributed by atoms with Gasteiger partial charge in [-0.3, -0.25) is 4.79 Å². The molecule has 0 fully saturated rings. The molecule has 5 nitrogen and oxygen atoms in total. The maximum absolute atomic E-state index is 12.3. The normalized spacial score (nSPS) is 12.3. The van der Waals surface area contributed by atoms with E-state index < -0.39 is 5.60 Å². The van der Waals surface area contributed by atoms with Crippen molar-refractivity contribution < 1.29 is 14.3 Å². The number of ether oxygens (including phenoxy) is 2. The van der Waals surface area contributed by atoms with Gasteiger partial charge in [-0.15, -0.1) is 0 Å². The summed E-state index contributed by atoms with van der Waals surface area (Å²) in [6.07, 6.45) is 1.79. The molecule has 0 aromatic heterocycles. The maximum atomic E-state index is 12.3. The SMILES string of the molecule is CCCOC(C)(C)C(=O)Nc1ccc(O[C@H](C)CC)cc1C#N. The highest BCUT2D eigenvalue weighted by molar-refractivity contribution is 5.97. The molecular weight excluding hydrogens is 292 g/mol. The molecule has 1 aromatic carbocycles. The summed E-state index contributed by atoms with van der Waals surface area (Å²) >= 11 is 0. The average molecular weight is 318 g/mol. The van der Waals surface area contributed by atoms with Crippen molar-refractivity contribution in [2.75, 3.05) is 11.9 Å². The van der Waals surface area contributed by atoms with Crippen LogP contribution in [-0.2, 0) is 9.53 Å². The van der Waals surface area contributed by atoms with Gasteiger partial charge in [0.2, 0.25) is 0 Å². The van der Waals surface area contributed by atoms with E-state index in [9.17, 15) is 10.1 Å². The van der Waals surface area contributed by atoms with Gasteiger partial charge in [0.1, 0.15) is 17.4 Å². The molecule has 126 valence electrons. The summed E-state index contributed by atoms with van der Waals surface area (Å²) in [4.78, 5) is 12.3. The Morgan fingerprint density at radius 3 is 2.65 bits per heavy atom. The molecule has 0 bridgehead atoms. The van der Waals surface area contributed by atoms with Crippen molar-refractivity contribution in [3.05, 3.63) is 23.8 Å². The van der Waals surface area contributed by atoms with E-state index in [1.54, 1.807) is 32.0 Å². The molecule has 0 aliphatic rings. The second kappa shape index (κ2) is 8.54. The molecular formula is C18H26N2O3.